The molecule has 3 aromatic rings. The number of alkyl halides is 5. The van der Waals surface area contributed by atoms with Gasteiger partial charge in [0, 0.05) is 23.9 Å². The molecule has 2 aliphatic heterocycles. The number of nitrogens with one attached hydrogen (secondary N) is 1. The molecule has 5 heterocycles. The number of amides is 1. The van der Waals surface area contributed by atoms with Gasteiger partial charge < -0.3 is 24.3 Å². The Kier molecular flexibility index (Phi) is 6.56. The number of ether oxygens (including phenoxy) is 2. The van der Waals surface area contributed by atoms with Gasteiger partial charge in [0.05, 0.1) is 31.2 Å². The van der Waals surface area contributed by atoms with E-state index in [-0.39, 0.29) is 11.1 Å². The predicted octanol–water partition coefficient (Wildman–Crippen LogP) is 3.99. The lowest BCUT2D eigenvalue weighted by atomic mass is 9.68. The van der Waals surface area contributed by atoms with E-state index < -0.39 is 30.2 Å². The number of halogens is 5. The van der Waals surface area contributed by atoms with Crippen LogP contribution in [0.3, 0.4) is 0 Å². The largest absolute Gasteiger partial charge is 0.493 e. The number of methoxy groups -OCH3 is 1. The molecule has 2 N–H and O–H groups in total. The number of hydrogen-bond donors (Lipinski definition) is 2. The van der Waals surface area contributed by atoms with Crippen LogP contribution in [0.1, 0.15) is 41.1 Å². The van der Waals surface area contributed by atoms with E-state index in [0.717, 1.165) is 18.5 Å². The van der Waals surface area contributed by atoms with E-state index in [0.29, 0.717) is 29.8 Å². The molecule has 2 bridgehead atoms. The van der Waals surface area contributed by atoms with Gasteiger partial charge in [0.1, 0.15) is 11.4 Å². The summed E-state index contributed by atoms with van der Waals surface area (Å²) in [5.74, 6) is -2.85. The topological polar surface area (TPSA) is 115 Å². The van der Waals surface area contributed by atoms with Gasteiger partial charge in [0.2, 0.25) is 0 Å². The average molecular weight is 514 g/mol. The quantitative estimate of drug-likeness (QED) is 0.495. The van der Waals surface area contributed by atoms with Crippen LogP contribution in [0.25, 0.3) is 5.65 Å². The minimum absolute atomic E-state index is 0.0370. The van der Waals surface area contributed by atoms with Gasteiger partial charge in [-0.25, -0.2) is 23.5 Å². The second kappa shape index (κ2) is 9.33. The molecule has 36 heavy (non-hydrogen) atoms. The lowest BCUT2D eigenvalue weighted by Crippen LogP contribution is -2.37. The number of nitrogens with zero attached hydrogens (tertiary/aromatic N) is 3. The minimum Gasteiger partial charge on any atom is -0.493 e. The van der Waals surface area contributed by atoms with Gasteiger partial charge in [-0.2, -0.15) is 13.2 Å². The zero-order valence-electron chi connectivity index (χ0n) is 18.6. The molecule has 1 aliphatic carbocycles. The SMILES string of the molecule is COc1cc(NC(=O)c2cccc(C(F)F)n2)cn2cc(C34COC(C3)C4)nc12.O=C(O)C(F)(F)F. The van der Waals surface area contributed by atoms with E-state index in [1.54, 1.807) is 16.7 Å². The minimum atomic E-state index is -5.08. The molecule has 0 atom stereocenters. The van der Waals surface area contributed by atoms with E-state index in [1.165, 1.54) is 25.3 Å². The Morgan fingerprint density at radius 1 is 1.25 bits per heavy atom. The Morgan fingerprint density at radius 2 is 1.94 bits per heavy atom. The molecule has 192 valence electrons. The first-order chi connectivity index (χ1) is 16.9. The summed E-state index contributed by atoms with van der Waals surface area (Å²) in [6.45, 7) is 0.666. The van der Waals surface area contributed by atoms with Gasteiger partial charge in [0.15, 0.2) is 11.4 Å². The molecule has 9 nitrogen and oxygen atoms in total. The van der Waals surface area contributed by atoms with Crippen molar-refractivity contribution in [3.8, 4) is 5.75 Å². The maximum atomic E-state index is 12.8. The maximum Gasteiger partial charge on any atom is 0.490 e. The Labute approximate surface area is 199 Å². The molecule has 0 unspecified atom stereocenters. The number of aliphatic carboxylic acids is 1. The van der Waals surface area contributed by atoms with Gasteiger partial charge in [-0.15, -0.1) is 0 Å². The van der Waals surface area contributed by atoms with Crippen LogP contribution >= 0.6 is 0 Å². The Bertz CT molecular complexity index is 1300. The molecule has 1 saturated carbocycles. The number of carboxylic acids is 1. The van der Waals surface area contributed by atoms with Crippen LogP contribution in [0, 0.1) is 0 Å². The lowest BCUT2D eigenvalue weighted by molar-refractivity contribution is -0.192. The second-order valence-electron chi connectivity index (χ2n) is 8.28. The number of rotatable bonds is 5. The first kappa shape index (κ1) is 25.3. The number of imidazole rings is 1. The Morgan fingerprint density at radius 3 is 2.50 bits per heavy atom. The highest BCUT2D eigenvalue weighted by Crippen LogP contribution is 2.51. The number of carbonyl (C=O) groups excluding carboxylic acids is 1. The molecular weight excluding hydrogens is 495 g/mol. The molecule has 0 aromatic carbocycles. The monoisotopic (exact) mass is 514 g/mol. The number of hydrogen-bond acceptors (Lipinski definition) is 6. The van der Waals surface area contributed by atoms with Gasteiger partial charge in [-0.05, 0) is 25.0 Å². The third-order valence-corrected chi connectivity index (χ3v) is 5.84. The highest BCUT2D eigenvalue weighted by atomic mass is 19.4. The highest BCUT2D eigenvalue weighted by molar-refractivity contribution is 6.03. The number of carboxylic acid groups (broad SMARTS) is 1. The van der Waals surface area contributed by atoms with Crippen LogP contribution < -0.4 is 10.1 Å². The van der Waals surface area contributed by atoms with Crippen LogP contribution in [-0.4, -0.2) is 57.3 Å². The van der Waals surface area contributed by atoms with Crippen molar-refractivity contribution in [3.05, 3.63) is 53.7 Å². The number of fused-ring (bicyclic) bond motifs is 2. The molecule has 1 amide bonds. The van der Waals surface area contributed by atoms with E-state index in [1.807, 2.05) is 6.20 Å². The van der Waals surface area contributed by atoms with E-state index >= 15 is 0 Å². The smallest absolute Gasteiger partial charge is 0.490 e. The van der Waals surface area contributed by atoms with Crippen LogP contribution in [0.2, 0.25) is 0 Å². The molecule has 3 aliphatic rings. The summed E-state index contributed by atoms with van der Waals surface area (Å²) in [5.41, 5.74) is 1.46. The summed E-state index contributed by atoms with van der Waals surface area (Å²) in [6, 6.07) is 5.59. The molecule has 6 rings (SSSR count). The zero-order chi connectivity index (χ0) is 26.3. The normalized spacial score (nSPS) is 20.5. The lowest BCUT2D eigenvalue weighted by Gasteiger charge is -2.33. The number of carbonyl (C=O) groups is 2. The molecule has 14 heteroatoms. The van der Waals surface area contributed by atoms with Crippen LogP contribution in [0.5, 0.6) is 5.75 Å². The maximum absolute atomic E-state index is 12.8. The van der Waals surface area contributed by atoms with Crippen molar-refractivity contribution in [3.63, 3.8) is 0 Å². The van der Waals surface area contributed by atoms with Crippen molar-refractivity contribution >= 4 is 23.2 Å². The fraction of sp³-hybridized carbons (Fsp3) is 0.364. The van der Waals surface area contributed by atoms with E-state index in [9.17, 15) is 26.7 Å². The van der Waals surface area contributed by atoms with Gasteiger partial charge in [-0.3, -0.25) is 4.79 Å². The first-order valence-corrected chi connectivity index (χ1v) is 10.5. The summed E-state index contributed by atoms with van der Waals surface area (Å²) in [7, 11) is 1.53. The summed E-state index contributed by atoms with van der Waals surface area (Å²) >= 11 is 0. The second-order valence-corrected chi connectivity index (χ2v) is 8.28. The first-order valence-electron chi connectivity index (χ1n) is 10.5. The fourth-order valence-electron chi connectivity index (χ4n) is 4.04. The molecule has 2 saturated heterocycles. The Balaban J connectivity index is 0.000000384. The predicted molar refractivity (Wildman–Crippen MR) is 113 cm³/mol. The molecule has 0 spiro atoms. The van der Waals surface area contributed by atoms with Crippen molar-refractivity contribution in [1.29, 1.82) is 0 Å². The van der Waals surface area contributed by atoms with Crippen LogP contribution in [0.15, 0.2) is 36.7 Å². The molecule has 3 fully saturated rings. The van der Waals surface area contributed by atoms with Gasteiger partial charge in [-0.1, -0.05) is 6.07 Å². The summed E-state index contributed by atoms with van der Waals surface area (Å²) in [4.78, 5) is 29.8. The van der Waals surface area contributed by atoms with Crippen molar-refractivity contribution in [2.24, 2.45) is 0 Å². The summed E-state index contributed by atoms with van der Waals surface area (Å²) < 4.78 is 70.4. The Hall–Kier alpha value is -3.81. The average Bonchev–Trinajstić information content (AvgIpc) is 3.52. The van der Waals surface area contributed by atoms with Crippen molar-refractivity contribution in [2.45, 2.75) is 37.0 Å². The zero-order valence-corrected chi connectivity index (χ0v) is 18.6. The molecule has 3 aromatic heterocycles. The van der Waals surface area contributed by atoms with E-state index in [4.69, 9.17) is 24.4 Å². The van der Waals surface area contributed by atoms with Crippen molar-refractivity contribution in [1.82, 2.24) is 14.4 Å². The number of aromatic nitrogens is 3. The van der Waals surface area contributed by atoms with Gasteiger partial charge in [0.25, 0.3) is 12.3 Å². The number of anilines is 1. The third kappa shape index (κ3) is 4.94. The van der Waals surface area contributed by atoms with Crippen LogP contribution in [0.4, 0.5) is 27.6 Å². The number of pyridine rings is 2. The standard InChI is InChI=1S/C20H18F2N4O3.C2HF3O2/c1-28-15-5-11(23-19(27)14-4-2-3-13(24-14)17(21)22)8-26-9-16(25-18(15)26)20-6-12(7-20)29-10-20;3-2(4,5)1(6)7/h2-5,8-9,12,17H,6-7,10H2,1H3,(H,23,27);(H,6,7). The van der Waals surface area contributed by atoms with E-state index in [2.05, 4.69) is 10.3 Å². The van der Waals surface area contributed by atoms with Gasteiger partial charge >= 0.3 is 12.1 Å². The third-order valence-electron chi connectivity index (χ3n) is 5.84. The molecular formula is C22H19F5N4O5. The summed E-state index contributed by atoms with van der Waals surface area (Å²) in [6.07, 6.45) is -1.93. The molecule has 0 radical (unpaired) electrons. The highest BCUT2D eigenvalue weighted by Gasteiger charge is 2.54. The van der Waals surface area contributed by atoms with Crippen molar-refractivity contribution < 1.29 is 46.1 Å². The summed E-state index contributed by atoms with van der Waals surface area (Å²) in [5, 5.41) is 9.81. The fourth-order valence-corrected chi connectivity index (χ4v) is 4.04. The van der Waals surface area contributed by atoms with Crippen LogP contribution in [-0.2, 0) is 14.9 Å². The van der Waals surface area contributed by atoms with Crippen molar-refractivity contribution in [2.75, 3.05) is 19.0 Å².